The highest BCUT2D eigenvalue weighted by Gasteiger charge is 2.22. The number of benzene rings is 1. The predicted octanol–water partition coefficient (Wildman–Crippen LogP) is 7.23. The third kappa shape index (κ3) is 13.2. The molecule has 14 heteroatoms. The van der Waals surface area contributed by atoms with E-state index >= 15 is 0 Å². The number of aliphatic hydroxyl groups is 3. The molecular weight excluding hydrogens is 779 g/mol. The fourth-order valence-corrected chi connectivity index (χ4v) is 7.33. The van der Waals surface area contributed by atoms with Crippen molar-refractivity contribution >= 4 is 44.4 Å². The Balaban J connectivity index is 1.69. The van der Waals surface area contributed by atoms with E-state index in [1.165, 1.54) is 11.1 Å². The second kappa shape index (κ2) is 25.4. The van der Waals surface area contributed by atoms with Gasteiger partial charge in [-0.2, -0.15) is 0 Å². The maximum atomic E-state index is 9.84. The van der Waals surface area contributed by atoms with Crippen LogP contribution >= 0.6 is 0 Å². The first kappa shape index (κ1) is 47.5. The maximum Gasteiger partial charge on any atom is 0.163 e. The highest BCUT2D eigenvalue weighted by molar-refractivity contribution is 5.95. The number of hydrogen-bond acceptors (Lipinski definition) is 13. The summed E-state index contributed by atoms with van der Waals surface area (Å²) in [4.78, 5) is 24.0. The topological polar surface area (TPSA) is 183 Å². The molecule has 332 valence electrons. The van der Waals surface area contributed by atoms with Crippen LogP contribution < -0.4 is 9.47 Å². The molecule has 0 radical (unpaired) electrons. The Bertz CT molecular complexity index is 2150. The van der Waals surface area contributed by atoms with Gasteiger partial charge in [0.1, 0.15) is 13.2 Å². The number of nitrogens with one attached hydrogen (secondary N) is 1. The number of aliphatic hydroxyl groups excluding tert-OH is 3. The largest absolute Gasteiger partial charge is 0.487 e. The zero-order valence-electron chi connectivity index (χ0n) is 36.7. The van der Waals surface area contributed by atoms with E-state index in [1.807, 2.05) is 25.3 Å². The minimum absolute atomic E-state index is 0.0389. The monoisotopic (exact) mass is 843 g/mol. The molecule has 61 heavy (non-hydrogen) atoms. The molecule has 2 aromatic heterocycles. The highest BCUT2D eigenvalue weighted by Crippen LogP contribution is 2.38. The Morgan fingerprint density at radius 2 is 1.05 bits per heavy atom. The average Bonchev–Trinajstić information content (AvgIpc) is 3.87. The van der Waals surface area contributed by atoms with Gasteiger partial charge in [-0.05, 0) is 104 Å². The summed E-state index contributed by atoms with van der Waals surface area (Å²) < 4.78 is 34.9. The van der Waals surface area contributed by atoms with Crippen molar-refractivity contribution in [2.75, 3.05) is 85.9 Å². The predicted molar refractivity (Wildman–Crippen MR) is 239 cm³/mol. The minimum atomic E-state index is -0.0389. The van der Waals surface area contributed by atoms with E-state index in [0.717, 1.165) is 69.7 Å². The van der Waals surface area contributed by atoms with Crippen molar-refractivity contribution in [1.29, 1.82) is 0 Å². The quantitative estimate of drug-likeness (QED) is 0.0595. The van der Waals surface area contributed by atoms with Crippen molar-refractivity contribution in [3.05, 3.63) is 70.6 Å². The van der Waals surface area contributed by atoms with Crippen molar-refractivity contribution in [2.24, 2.45) is 0 Å². The molecule has 2 aliphatic rings. The molecule has 3 aromatic rings. The Hall–Kier alpha value is -4.54. The van der Waals surface area contributed by atoms with Crippen LogP contribution in [0.2, 0.25) is 0 Å². The first-order valence-electron chi connectivity index (χ1n) is 21.8. The molecule has 0 spiro atoms. The van der Waals surface area contributed by atoms with Crippen molar-refractivity contribution in [3.8, 4) is 11.5 Å². The number of aromatic nitrogens is 5. The molecule has 5 rings (SSSR count). The van der Waals surface area contributed by atoms with Crippen molar-refractivity contribution in [2.45, 2.75) is 79.6 Å². The van der Waals surface area contributed by atoms with Gasteiger partial charge < -0.3 is 48.7 Å². The molecular formula is C47H65N5O9. The summed E-state index contributed by atoms with van der Waals surface area (Å²) in [6.07, 6.45) is 8.70. The molecule has 0 atom stereocenters. The number of rotatable bonds is 26. The Morgan fingerprint density at radius 3 is 1.64 bits per heavy atom. The molecule has 2 aliphatic heterocycles. The Labute approximate surface area is 359 Å². The number of fused-ring (bicyclic) bond motifs is 7. The standard InChI is InChI=1S/C47H65N5O9/c1-6-16-56-18-20-58-22-24-60-46-28-42-43(29-47(46)61-25-23-59-21-19-57-17-15-55)49-31-45-33(5)37(12-10-14-54)41(52-45)27-39-35(8-3)34(7-2)38(50-39)26-40-36(11-9-13-53)32(4)44(51-40)30-48-42/h26-31,51,53-55H,6-25H2,1-5H3. The molecule has 0 unspecified atom stereocenters. The number of nitrogens with zero attached hydrogens (tertiary/aromatic N) is 4. The third-order valence-electron chi connectivity index (χ3n) is 10.5. The van der Waals surface area contributed by atoms with Crippen molar-refractivity contribution in [1.82, 2.24) is 24.9 Å². The van der Waals surface area contributed by atoms with E-state index in [9.17, 15) is 10.2 Å². The highest BCUT2D eigenvalue weighted by atomic mass is 16.6. The van der Waals surface area contributed by atoms with E-state index in [-0.39, 0.29) is 39.6 Å². The van der Waals surface area contributed by atoms with Crippen LogP contribution in [0.25, 0.3) is 44.4 Å². The molecule has 0 fully saturated rings. The molecule has 0 aliphatic carbocycles. The average molecular weight is 844 g/mol. The van der Waals surface area contributed by atoms with Gasteiger partial charge in [-0.3, -0.25) is 9.97 Å². The van der Waals surface area contributed by atoms with Crippen LogP contribution in [0.5, 0.6) is 11.5 Å². The van der Waals surface area contributed by atoms with Gasteiger partial charge in [0.25, 0.3) is 0 Å². The molecule has 4 heterocycles. The lowest BCUT2D eigenvalue weighted by Gasteiger charge is -2.14. The smallest absolute Gasteiger partial charge is 0.163 e. The van der Waals surface area contributed by atoms with Crippen LogP contribution in [-0.2, 0) is 25.4 Å². The Morgan fingerprint density at radius 1 is 0.525 bits per heavy atom. The van der Waals surface area contributed by atoms with Crippen molar-refractivity contribution in [3.63, 3.8) is 0 Å². The van der Waals surface area contributed by atoms with Gasteiger partial charge in [0, 0.05) is 37.5 Å². The van der Waals surface area contributed by atoms with Gasteiger partial charge in [-0.15, -0.1) is 0 Å². The van der Waals surface area contributed by atoms with E-state index in [2.05, 4.69) is 44.8 Å². The first-order chi connectivity index (χ1) is 29.9. The minimum Gasteiger partial charge on any atom is -0.487 e. The summed E-state index contributed by atoms with van der Waals surface area (Å²) in [6.45, 7) is 14.4. The molecule has 0 saturated heterocycles. The summed E-state index contributed by atoms with van der Waals surface area (Å²) in [5.74, 6) is 0.932. The Kier molecular flexibility index (Phi) is 19.8. The lowest BCUT2D eigenvalue weighted by Crippen LogP contribution is -2.13. The van der Waals surface area contributed by atoms with E-state index in [0.29, 0.717) is 100 Å². The molecule has 0 saturated carbocycles. The lowest BCUT2D eigenvalue weighted by molar-refractivity contribution is 0.0240. The normalized spacial score (nSPS) is 12.7. The van der Waals surface area contributed by atoms with Crippen molar-refractivity contribution < 1.29 is 43.7 Å². The third-order valence-corrected chi connectivity index (χ3v) is 10.5. The van der Waals surface area contributed by atoms with Crippen LogP contribution in [0.15, 0.2) is 36.7 Å². The molecule has 0 amide bonds. The summed E-state index contributed by atoms with van der Waals surface area (Å²) >= 11 is 0. The number of aromatic amines is 1. The molecule has 6 bridgehead atoms. The maximum absolute atomic E-state index is 9.84. The van der Waals surface area contributed by atoms with Gasteiger partial charge in [0.05, 0.1) is 105 Å². The summed E-state index contributed by atoms with van der Waals surface area (Å²) in [5, 5.41) is 28.7. The number of allylic oxidation sites excluding steroid dienone is 4. The van der Waals surface area contributed by atoms with Gasteiger partial charge >= 0.3 is 0 Å². The molecule has 4 N–H and O–H groups in total. The number of aryl methyl sites for hydroxylation is 2. The van der Waals surface area contributed by atoms with Gasteiger partial charge in [0.2, 0.25) is 0 Å². The fourth-order valence-electron chi connectivity index (χ4n) is 7.33. The SMILES string of the molecule is CCCOCCOCCOc1cc2ncc3[nH]c(cc4nc(cc5nc(cnc2cc1OCCOCCOCCO)C(C)=C5CCCO)C(CC)=C4CC)c(CCCO)c3C. The van der Waals surface area contributed by atoms with E-state index in [1.54, 1.807) is 6.20 Å². The van der Waals surface area contributed by atoms with Crippen LogP contribution in [0.4, 0.5) is 0 Å². The zero-order chi connectivity index (χ0) is 43.4. The second-order valence-electron chi connectivity index (χ2n) is 14.7. The second-order valence-corrected chi connectivity index (χ2v) is 14.7. The van der Waals surface area contributed by atoms with Crippen LogP contribution in [0.1, 0.15) is 100 Å². The number of H-pyrrole nitrogens is 1. The van der Waals surface area contributed by atoms with Gasteiger partial charge in [-0.1, -0.05) is 20.8 Å². The van der Waals surface area contributed by atoms with E-state index in [4.69, 9.17) is 53.5 Å². The summed E-state index contributed by atoms with van der Waals surface area (Å²) in [6, 6.07) is 7.85. The van der Waals surface area contributed by atoms with Crippen LogP contribution in [0, 0.1) is 6.92 Å². The molecule has 14 nitrogen and oxygen atoms in total. The molecule has 1 aromatic carbocycles. The van der Waals surface area contributed by atoms with Gasteiger partial charge in [0.15, 0.2) is 11.5 Å². The summed E-state index contributed by atoms with van der Waals surface area (Å²) in [7, 11) is 0. The summed E-state index contributed by atoms with van der Waals surface area (Å²) in [5.41, 5.74) is 12.7. The number of ether oxygens (including phenoxy) is 6. The van der Waals surface area contributed by atoms with Crippen LogP contribution in [-0.4, -0.2) is 126 Å². The zero-order valence-corrected chi connectivity index (χ0v) is 36.7. The van der Waals surface area contributed by atoms with E-state index < -0.39 is 0 Å². The van der Waals surface area contributed by atoms with Crippen LogP contribution in [0.3, 0.4) is 0 Å². The number of hydrogen-bond donors (Lipinski definition) is 4. The lowest BCUT2D eigenvalue weighted by atomic mass is 9.98. The van der Waals surface area contributed by atoms with Gasteiger partial charge in [-0.25, -0.2) is 9.97 Å². The fraction of sp³-hybridized carbons (Fsp3) is 0.532. The first-order valence-corrected chi connectivity index (χ1v) is 21.8.